The van der Waals surface area contributed by atoms with E-state index in [-0.39, 0.29) is 0 Å². The van der Waals surface area contributed by atoms with Gasteiger partial charge in [0.2, 0.25) is 0 Å². The summed E-state index contributed by atoms with van der Waals surface area (Å²) < 4.78 is 9.55. The van der Waals surface area contributed by atoms with Gasteiger partial charge in [0.25, 0.3) is 0 Å². The molecule has 0 fully saturated rings. The highest BCUT2D eigenvalue weighted by Gasteiger charge is 2.11. The zero-order valence-corrected chi connectivity index (χ0v) is 10.9. The van der Waals surface area contributed by atoms with E-state index in [0.717, 1.165) is 6.42 Å². The van der Waals surface area contributed by atoms with Gasteiger partial charge in [-0.15, -0.1) is 0 Å². The van der Waals surface area contributed by atoms with Crippen LogP contribution in [-0.4, -0.2) is 26.1 Å². The van der Waals surface area contributed by atoms with Crippen LogP contribution in [0, 0.1) is 0 Å². The molecule has 0 aliphatic rings. The fraction of sp³-hybridized carbons (Fsp3) is 1.00. The Morgan fingerprint density at radius 1 is 0.875 bits per heavy atom. The molecule has 4 heteroatoms. The highest BCUT2D eigenvalue weighted by atomic mass is 16.7. The van der Waals surface area contributed by atoms with Crippen molar-refractivity contribution in [1.29, 1.82) is 0 Å². The maximum atomic E-state index is 8.94. The molecule has 0 bridgehead atoms. The normalized spacial score (nSPS) is 10.7. The zero-order chi connectivity index (χ0) is 12.1. The lowest BCUT2D eigenvalue weighted by Crippen LogP contribution is -2.20. The van der Waals surface area contributed by atoms with E-state index in [0.29, 0.717) is 6.61 Å². The molecule has 0 radical (unpaired) electrons. The maximum Gasteiger partial charge on any atom is 0.636 e. The molecule has 0 rings (SSSR count). The second kappa shape index (κ2) is 13.0. The van der Waals surface area contributed by atoms with Crippen molar-refractivity contribution in [3.8, 4) is 0 Å². The molecule has 0 aliphatic heterocycles. The van der Waals surface area contributed by atoms with E-state index in [1.165, 1.54) is 58.5 Å². The minimum atomic E-state index is -1.05. The van der Waals surface area contributed by atoms with Crippen molar-refractivity contribution in [2.75, 3.05) is 13.7 Å². The van der Waals surface area contributed by atoms with E-state index in [2.05, 4.69) is 11.6 Å². The Hall–Kier alpha value is -0.0551. The lowest BCUT2D eigenvalue weighted by Gasteiger charge is -2.05. The van der Waals surface area contributed by atoms with Gasteiger partial charge in [-0.1, -0.05) is 58.3 Å². The molecular formula is C12H27BO3. The van der Waals surface area contributed by atoms with Crippen LogP contribution in [0.2, 0.25) is 0 Å². The third kappa shape index (κ3) is 12.0. The summed E-state index contributed by atoms with van der Waals surface area (Å²) in [6.45, 7) is 2.83. The molecule has 96 valence electrons. The van der Waals surface area contributed by atoms with E-state index in [9.17, 15) is 0 Å². The first kappa shape index (κ1) is 15.9. The standard InChI is InChI=1S/C12H27BO3/c1-3-4-5-6-7-8-9-10-11-12-16-13(14)15-2/h14H,3-12H2,1-2H3. The fourth-order valence-corrected chi connectivity index (χ4v) is 1.66. The molecule has 0 spiro atoms. The van der Waals surface area contributed by atoms with Crippen LogP contribution < -0.4 is 0 Å². The number of hydrogen-bond donors (Lipinski definition) is 1. The molecule has 0 aliphatic carbocycles. The first-order chi connectivity index (χ1) is 7.81. The molecule has 0 amide bonds. The summed E-state index contributed by atoms with van der Waals surface area (Å²) in [5.74, 6) is 0. The van der Waals surface area contributed by atoms with E-state index in [1.807, 2.05) is 0 Å². The largest absolute Gasteiger partial charge is 0.636 e. The van der Waals surface area contributed by atoms with Gasteiger partial charge in [-0.05, 0) is 6.42 Å². The van der Waals surface area contributed by atoms with Crippen molar-refractivity contribution in [3.05, 3.63) is 0 Å². The van der Waals surface area contributed by atoms with Crippen LogP contribution in [0.1, 0.15) is 64.7 Å². The first-order valence-corrected chi connectivity index (χ1v) is 6.63. The smallest absolute Gasteiger partial charge is 0.402 e. The molecule has 1 N–H and O–H groups in total. The van der Waals surface area contributed by atoms with Crippen LogP contribution in [0.25, 0.3) is 0 Å². The van der Waals surface area contributed by atoms with Crippen molar-refractivity contribution in [2.45, 2.75) is 64.7 Å². The summed E-state index contributed by atoms with van der Waals surface area (Å²) in [7, 11) is 0.384. The molecule has 0 aromatic rings. The van der Waals surface area contributed by atoms with Crippen LogP contribution >= 0.6 is 0 Å². The average Bonchev–Trinajstić information content (AvgIpc) is 2.31. The van der Waals surface area contributed by atoms with Gasteiger partial charge in [0.15, 0.2) is 0 Å². The van der Waals surface area contributed by atoms with Gasteiger partial charge >= 0.3 is 7.32 Å². The summed E-state index contributed by atoms with van der Waals surface area (Å²) in [6.07, 6.45) is 11.6. The molecule has 0 atom stereocenters. The summed E-state index contributed by atoms with van der Waals surface area (Å²) in [4.78, 5) is 0. The summed E-state index contributed by atoms with van der Waals surface area (Å²) in [5, 5.41) is 8.94. The fourth-order valence-electron chi connectivity index (χ4n) is 1.66. The van der Waals surface area contributed by atoms with Gasteiger partial charge < -0.3 is 14.3 Å². The third-order valence-corrected chi connectivity index (χ3v) is 2.71. The Labute approximate surface area is 101 Å². The Morgan fingerprint density at radius 3 is 1.88 bits per heavy atom. The minimum Gasteiger partial charge on any atom is -0.402 e. The van der Waals surface area contributed by atoms with Crippen LogP contribution in [0.5, 0.6) is 0 Å². The van der Waals surface area contributed by atoms with Gasteiger partial charge in [0.1, 0.15) is 0 Å². The number of unbranched alkanes of at least 4 members (excludes halogenated alkanes) is 8. The Morgan fingerprint density at radius 2 is 1.38 bits per heavy atom. The van der Waals surface area contributed by atoms with Gasteiger partial charge in [-0.3, -0.25) is 0 Å². The maximum absolute atomic E-state index is 8.94. The van der Waals surface area contributed by atoms with Crippen molar-refractivity contribution in [1.82, 2.24) is 0 Å². The molecule has 0 saturated heterocycles. The SMILES string of the molecule is CCCCCCCCCCCOB(O)OC. The predicted molar refractivity (Wildman–Crippen MR) is 68.2 cm³/mol. The summed E-state index contributed by atoms with van der Waals surface area (Å²) in [5.41, 5.74) is 0. The zero-order valence-electron chi connectivity index (χ0n) is 10.9. The highest BCUT2D eigenvalue weighted by Crippen LogP contribution is 2.09. The molecule has 0 aromatic heterocycles. The van der Waals surface area contributed by atoms with Crippen molar-refractivity contribution >= 4 is 7.32 Å². The van der Waals surface area contributed by atoms with E-state index in [4.69, 9.17) is 9.68 Å². The summed E-state index contributed by atoms with van der Waals surface area (Å²) in [6, 6.07) is 0. The van der Waals surface area contributed by atoms with Gasteiger partial charge in [-0.2, -0.15) is 0 Å². The molecule has 3 nitrogen and oxygen atoms in total. The van der Waals surface area contributed by atoms with Crippen LogP contribution in [0.3, 0.4) is 0 Å². The van der Waals surface area contributed by atoms with Gasteiger partial charge in [0, 0.05) is 13.7 Å². The Balaban J connectivity index is 2.93. The molecule has 0 saturated carbocycles. The van der Waals surface area contributed by atoms with E-state index < -0.39 is 7.32 Å². The van der Waals surface area contributed by atoms with E-state index >= 15 is 0 Å². The number of hydrogen-bond acceptors (Lipinski definition) is 3. The Kier molecular flexibility index (Phi) is 13.0. The predicted octanol–water partition coefficient (Wildman–Crippen LogP) is 3.16. The van der Waals surface area contributed by atoms with Crippen molar-refractivity contribution in [2.24, 2.45) is 0 Å². The third-order valence-electron chi connectivity index (χ3n) is 2.71. The van der Waals surface area contributed by atoms with Crippen LogP contribution in [0.4, 0.5) is 0 Å². The average molecular weight is 230 g/mol. The van der Waals surface area contributed by atoms with Crippen LogP contribution in [0.15, 0.2) is 0 Å². The van der Waals surface area contributed by atoms with Crippen molar-refractivity contribution in [3.63, 3.8) is 0 Å². The second-order valence-corrected chi connectivity index (χ2v) is 4.24. The second-order valence-electron chi connectivity index (χ2n) is 4.24. The molecule has 0 heterocycles. The lowest BCUT2D eigenvalue weighted by molar-refractivity contribution is 0.156. The van der Waals surface area contributed by atoms with Crippen molar-refractivity contribution < 1.29 is 14.3 Å². The highest BCUT2D eigenvalue weighted by molar-refractivity contribution is 6.34. The molecule has 16 heavy (non-hydrogen) atoms. The topological polar surface area (TPSA) is 38.7 Å². The lowest BCUT2D eigenvalue weighted by atomic mass is 10.1. The molecule has 0 unspecified atom stereocenters. The monoisotopic (exact) mass is 230 g/mol. The molecular weight excluding hydrogens is 203 g/mol. The molecule has 0 aromatic carbocycles. The summed E-state index contributed by atoms with van der Waals surface area (Å²) >= 11 is 0. The Bertz CT molecular complexity index is 133. The van der Waals surface area contributed by atoms with Gasteiger partial charge in [-0.25, -0.2) is 0 Å². The minimum absolute atomic E-state index is 0.588. The van der Waals surface area contributed by atoms with Crippen LogP contribution in [-0.2, 0) is 9.31 Å². The quantitative estimate of drug-likeness (QED) is 0.413. The van der Waals surface area contributed by atoms with Gasteiger partial charge in [0.05, 0.1) is 0 Å². The van der Waals surface area contributed by atoms with E-state index in [1.54, 1.807) is 0 Å². The first-order valence-electron chi connectivity index (χ1n) is 6.63. The number of rotatable bonds is 12.